The van der Waals surface area contributed by atoms with E-state index < -0.39 is 0 Å². The van der Waals surface area contributed by atoms with E-state index in [1.54, 1.807) is 0 Å². The summed E-state index contributed by atoms with van der Waals surface area (Å²) in [6, 6.07) is 0. The number of rotatable bonds is 13. The Kier molecular flexibility index (Phi) is 14.7. The maximum atomic E-state index is 11.0. The molecule has 0 saturated heterocycles. The number of nitrogens with one attached hydrogen (secondary N) is 2. The Labute approximate surface area is 141 Å². The van der Waals surface area contributed by atoms with Crippen LogP contribution in [-0.2, 0) is 14.3 Å². The molecule has 23 heavy (non-hydrogen) atoms. The minimum atomic E-state index is -0.132. The van der Waals surface area contributed by atoms with Crippen LogP contribution < -0.4 is 10.6 Å². The molecule has 0 bridgehead atoms. The first-order valence-corrected chi connectivity index (χ1v) is 8.76. The van der Waals surface area contributed by atoms with Gasteiger partial charge in [-0.3, -0.25) is 9.79 Å². The molecule has 0 rings (SSSR count). The summed E-state index contributed by atoms with van der Waals surface area (Å²) in [5, 5.41) is 6.55. The second-order valence-corrected chi connectivity index (χ2v) is 5.90. The lowest BCUT2D eigenvalue weighted by molar-refractivity contribution is -0.140. The minimum absolute atomic E-state index is 0.132. The number of unbranched alkanes of at least 4 members (excludes halogenated alkanes) is 2. The molecule has 0 aliphatic heterocycles. The van der Waals surface area contributed by atoms with Crippen LogP contribution in [0.5, 0.6) is 0 Å². The number of aliphatic imine (C=N–C) groups is 1. The van der Waals surface area contributed by atoms with Gasteiger partial charge in [0.1, 0.15) is 0 Å². The molecule has 0 heterocycles. The Hall–Kier alpha value is -1.30. The Morgan fingerprint density at radius 1 is 1.13 bits per heavy atom. The molecule has 0 amide bonds. The molecule has 0 unspecified atom stereocenters. The topological polar surface area (TPSA) is 72.0 Å². The third-order valence-corrected chi connectivity index (χ3v) is 3.09. The van der Waals surface area contributed by atoms with Crippen LogP contribution in [0.2, 0.25) is 0 Å². The molecule has 136 valence electrons. The fourth-order valence-electron chi connectivity index (χ4n) is 1.90. The molecule has 0 aromatic rings. The second-order valence-electron chi connectivity index (χ2n) is 5.90. The van der Waals surface area contributed by atoms with Crippen LogP contribution in [0.1, 0.15) is 52.9 Å². The van der Waals surface area contributed by atoms with Crippen LogP contribution in [-0.4, -0.2) is 51.9 Å². The zero-order valence-electron chi connectivity index (χ0n) is 15.3. The zero-order valence-corrected chi connectivity index (χ0v) is 15.3. The maximum Gasteiger partial charge on any atom is 0.305 e. The summed E-state index contributed by atoms with van der Waals surface area (Å²) in [5.74, 6) is 1.30. The largest absolute Gasteiger partial charge is 0.469 e. The number of hydrogen-bond acceptors (Lipinski definition) is 4. The predicted octanol–water partition coefficient (Wildman–Crippen LogP) is 2.34. The molecule has 0 spiro atoms. The van der Waals surface area contributed by atoms with Crippen LogP contribution in [0, 0.1) is 5.92 Å². The molecule has 0 aromatic heterocycles. The molecule has 2 N–H and O–H groups in total. The lowest BCUT2D eigenvalue weighted by Gasteiger charge is -2.11. The molecule has 0 saturated carbocycles. The van der Waals surface area contributed by atoms with Gasteiger partial charge in [0, 0.05) is 39.3 Å². The monoisotopic (exact) mass is 329 g/mol. The van der Waals surface area contributed by atoms with Gasteiger partial charge in [0.05, 0.1) is 7.11 Å². The minimum Gasteiger partial charge on any atom is -0.469 e. The zero-order chi connectivity index (χ0) is 17.3. The normalized spacial score (nSPS) is 11.6. The summed E-state index contributed by atoms with van der Waals surface area (Å²) in [5.41, 5.74) is 0. The molecule has 0 fully saturated rings. The van der Waals surface area contributed by atoms with Gasteiger partial charge in [-0.05, 0) is 32.1 Å². The molecule has 0 radical (unpaired) electrons. The molecular weight excluding hydrogens is 294 g/mol. The third kappa shape index (κ3) is 15.4. The average Bonchev–Trinajstić information content (AvgIpc) is 2.53. The Balaban J connectivity index is 3.71. The summed E-state index contributed by atoms with van der Waals surface area (Å²) < 4.78 is 10.2. The number of nitrogens with zero attached hydrogens (tertiary/aromatic N) is 1. The highest BCUT2D eigenvalue weighted by molar-refractivity contribution is 5.79. The molecule has 0 aromatic carbocycles. The van der Waals surface area contributed by atoms with Crippen molar-refractivity contribution in [2.45, 2.75) is 52.9 Å². The van der Waals surface area contributed by atoms with E-state index in [1.807, 2.05) is 0 Å². The van der Waals surface area contributed by atoms with Crippen molar-refractivity contribution in [2.24, 2.45) is 10.9 Å². The third-order valence-electron chi connectivity index (χ3n) is 3.09. The summed E-state index contributed by atoms with van der Waals surface area (Å²) in [4.78, 5) is 15.5. The summed E-state index contributed by atoms with van der Waals surface area (Å²) in [6.07, 6.45) is 4.32. The van der Waals surface area contributed by atoms with E-state index in [1.165, 1.54) is 7.11 Å². The number of guanidine groups is 1. The molecule has 0 aliphatic rings. The summed E-state index contributed by atoms with van der Waals surface area (Å²) >= 11 is 0. The SMILES string of the molecule is CCNC(=NCCCOCC(C)C)NCCCCCC(=O)OC. The fourth-order valence-corrected chi connectivity index (χ4v) is 1.90. The van der Waals surface area contributed by atoms with Gasteiger partial charge in [-0.15, -0.1) is 0 Å². The predicted molar refractivity (Wildman–Crippen MR) is 94.7 cm³/mol. The van der Waals surface area contributed by atoms with Crippen molar-refractivity contribution in [1.29, 1.82) is 0 Å². The summed E-state index contributed by atoms with van der Waals surface area (Å²) in [7, 11) is 1.43. The fraction of sp³-hybridized carbons (Fsp3) is 0.882. The van der Waals surface area contributed by atoms with Gasteiger partial charge in [0.2, 0.25) is 0 Å². The lowest BCUT2D eigenvalue weighted by atomic mass is 10.2. The lowest BCUT2D eigenvalue weighted by Crippen LogP contribution is -2.37. The van der Waals surface area contributed by atoms with Crippen LogP contribution in [0.3, 0.4) is 0 Å². The maximum absolute atomic E-state index is 11.0. The van der Waals surface area contributed by atoms with E-state index in [4.69, 9.17) is 4.74 Å². The van der Waals surface area contributed by atoms with Crippen LogP contribution in [0.25, 0.3) is 0 Å². The van der Waals surface area contributed by atoms with Gasteiger partial charge in [0.15, 0.2) is 5.96 Å². The van der Waals surface area contributed by atoms with Crippen molar-refractivity contribution in [3.8, 4) is 0 Å². The highest BCUT2D eigenvalue weighted by Gasteiger charge is 2.00. The Bertz CT molecular complexity index is 320. The molecule has 0 aliphatic carbocycles. The van der Waals surface area contributed by atoms with Crippen molar-refractivity contribution < 1.29 is 14.3 Å². The number of hydrogen-bond donors (Lipinski definition) is 2. The Morgan fingerprint density at radius 2 is 1.91 bits per heavy atom. The highest BCUT2D eigenvalue weighted by atomic mass is 16.5. The molecule has 6 heteroatoms. The van der Waals surface area contributed by atoms with Crippen molar-refractivity contribution in [1.82, 2.24) is 10.6 Å². The van der Waals surface area contributed by atoms with Gasteiger partial charge in [-0.25, -0.2) is 0 Å². The van der Waals surface area contributed by atoms with E-state index >= 15 is 0 Å². The van der Waals surface area contributed by atoms with Crippen LogP contribution in [0.15, 0.2) is 4.99 Å². The first-order chi connectivity index (χ1) is 11.1. The van der Waals surface area contributed by atoms with Crippen molar-refractivity contribution in [3.63, 3.8) is 0 Å². The van der Waals surface area contributed by atoms with Gasteiger partial charge in [-0.1, -0.05) is 20.3 Å². The number of methoxy groups -OCH3 is 1. The van der Waals surface area contributed by atoms with Gasteiger partial charge in [0.25, 0.3) is 0 Å². The molecule has 6 nitrogen and oxygen atoms in total. The average molecular weight is 329 g/mol. The van der Waals surface area contributed by atoms with Gasteiger partial charge < -0.3 is 20.1 Å². The molecule has 0 atom stereocenters. The van der Waals surface area contributed by atoms with Gasteiger partial charge in [-0.2, -0.15) is 0 Å². The standard InChI is InChI=1S/C17H35N3O3/c1-5-18-17(20-12-9-13-23-14-15(2)3)19-11-8-6-7-10-16(21)22-4/h15H,5-14H2,1-4H3,(H2,18,19,20). The van der Waals surface area contributed by atoms with E-state index in [0.29, 0.717) is 12.3 Å². The number of carbonyl (C=O) groups is 1. The number of carbonyl (C=O) groups excluding carboxylic acids is 1. The van der Waals surface area contributed by atoms with Crippen LogP contribution >= 0.6 is 0 Å². The number of ether oxygens (including phenoxy) is 2. The first-order valence-electron chi connectivity index (χ1n) is 8.76. The summed E-state index contributed by atoms with van der Waals surface area (Å²) in [6.45, 7) is 10.4. The van der Waals surface area contributed by atoms with E-state index in [0.717, 1.165) is 64.5 Å². The first kappa shape index (κ1) is 21.7. The van der Waals surface area contributed by atoms with Crippen LogP contribution in [0.4, 0.5) is 0 Å². The van der Waals surface area contributed by atoms with Crippen molar-refractivity contribution in [3.05, 3.63) is 0 Å². The molecular formula is C17H35N3O3. The van der Waals surface area contributed by atoms with Crippen molar-refractivity contribution >= 4 is 11.9 Å². The van der Waals surface area contributed by atoms with E-state index in [-0.39, 0.29) is 5.97 Å². The highest BCUT2D eigenvalue weighted by Crippen LogP contribution is 2.00. The Morgan fingerprint density at radius 3 is 2.57 bits per heavy atom. The smallest absolute Gasteiger partial charge is 0.305 e. The van der Waals surface area contributed by atoms with E-state index in [9.17, 15) is 4.79 Å². The number of esters is 1. The van der Waals surface area contributed by atoms with E-state index in [2.05, 4.69) is 41.1 Å². The van der Waals surface area contributed by atoms with Crippen molar-refractivity contribution in [2.75, 3.05) is 40.0 Å². The van der Waals surface area contributed by atoms with Gasteiger partial charge >= 0.3 is 5.97 Å². The quantitative estimate of drug-likeness (QED) is 0.235. The second kappa shape index (κ2) is 15.6.